The number of para-hydroxylation sites is 6. The molecule has 2 fully saturated rings. The number of anilines is 6. The minimum atomic E-state index is 0.537. The molecule has 0 bridgehead atoms. The van der Waals surface area contributed by atoms with Gasteiger partial charge in [0.1, 0.15) is 22.3 Å². The normalized spacial score (nSPS) is 15.0. The van der Waals surface area contributed by atoms with Crippen LogP contribution in [0.5, 0.6) is 0 Å². The Morgan fingerprint density at radius 3 is 1.14 bits per heavy atom. The van der Waals surface area contributed by atoms with E-state index in [9.17, 15) is 0 Å². The van der Waals surface area contributed by atoms with Crippen molar-refractivity contribution in [3.63, 3.8) is 0 Å². The minimum absolute atomic E-state index is 0.537. The number of rotatable bonds is 8. The van der Waals surface area contributed by atoms with Crippen molar-refractivity contribution in [3.8, 4) is 0 Å². The quantitative estimate of drug-likeness (QED) is 0.152. The molecule has 2 aliphatic rings. The summed E-state index contributed by atoms with van der Waals surface area (Å²) in [5, 5.41) is 11.4. The lowest BCUT2D eigenvalue weighted by molar-refractivity contribution is 0.442. The maximum atomic E-state index is 7.08. The average Bonchev–Trinajstić information content (AvgIpc) is 4.15. The van der Waals surface area contributed by atoms with Crippen LogP contribution in [0.25, 0.3) is 87.4 Å². The highest BCUT2D eigenvalue weighted by Crippen LogP contribution is 2.48. The molecule has 2 saturated carbocycles. The number of fused-ring (bicyclic) bond motifs is 11. The van der Waals surface area contributed by atoms with Crippen molar-refractivity contribution in [2.45, 2.75) is 76.0 Å². The molecule has 3 aromatic heterocycles. The molecule has 5 heteroatoms. The van der Waals surface area contributed by atoms with Gasteiger partial charge >= 0.3 is 0 Å². The van der Waals surface area contributed by atoms with Gasteiger partial charge in [0.2, 0.25) is 0 Å². The van der Waals surface area contributed by atoms with Crippen molar-refractivity contribution in [1.29, 1.82) is 0 Å². The molecule has 3 heterocycles. The van der Waals surface area contributed by atoms with Crippen LogP contribution < -0.4 is 9.80 Å². The van der Waals surface area contributed by atoms with Gasteiger partial charge in [0.25, 0.3) is 0 Å². The third-order valence-corrected chi connectivity index (χ3v) is 16.5. The van der Waals surface area contributed by atoms with Gasteiger partial charge in [0.05, 0.1) is 11.4 Å². The van der Waals surface area contributed by atoms with Crippen molar-refractivity contribution in [2.24, 2.45) is 0 Å². The topological polar surface area (TPSA) is 45.9 Å². The number of benzene rings is 10. The molecule has 0 saturated heterocycles. The van der Waals surface area contributed by atoms with E-state index in [4.69, 9.17) is 13.3 Å². The van der Waals surface area contributed by atoms with E-state index in [2.05, 4.69) is 204 Å². The molecule has 13 aromatic rings. The Balaban J connectivity index is 0.855. The summed E-state index contributed by atoms with van der Waals surface area (Å²) < 4.78 is 20.9. The molecule has 0 amide bonds. The van der Waals surface area contributed by atoms with Crippen LogP contribution in [0.3, 0.4) is 0 Å². The molecule has 2 aliphatic carbocycles. The molecular formula is C68H54N2O3. The molecule has 5 nitrogen and oxygen atoms in total. The maximum Gasteiger partial charge on any atom is 0.159 e. The second kappa shape index (κ2) is 17.2. The summed E-state index contributed by atoms with van der Waals surface area (Å²) in [6, 6.07) is 70.7. The van der Waals surface area contributed by atoms with Gasteiger partial charge in [-0.05, 0) is 155 Å². The molecule has 10 aromatic carbocycles. The molecule has 0 N–H and O–H groups in total. The monoisotopic (exact) mass is 946 g/mol. The fourth-order valence-corrected chi connectivity index (χ4v) is 13.0. The molecule has 354 valence electrons. The Morgan fingerprint density at radius 1 is 0.288 bits per heavy atom. The summed E-state index contributed by atoms with van der Waals surface area (Å²) >= 11 is 0. The zero-order valence-electron chi connectivity index (χ0n) is 40.8. The van der Waals surface area contributed by atoms with Crippen LogP contribution in [0.2, 0.25) is 0 Å². The summed E-state index contributed by atoms with van der Waals surface area (Å²) in [4.78, 5) is 4.72. The fourth-order valence-electron chi connectivity index (χ4n) is 13.0. The van der Waals surface area contributed by atoms with Gasteiger partial charge in [-0.3, -0.25) is 0 Å². The number of hydrogen-bond donors (Lipinski definition) is 0. The first-order valence-corrected chi connectivity index (χ1v) is 26.6. The van der Waals surface area contributed by atoms with E-state index in [1.165, 1.54) is 86.1 Å². The Hall–Kier alpha value is -8.28. The Bertz CT molecular complexity index is 3970. The van der Waals surface area contributed by atoms with Crippen LogP contribution in [-0.4, -0.2) is 0 Å². The van der Waals surface area contributed by atoms with Gasteiger partial charge in [-0.15, -0.1) is 0 Å². The second-order valence-corrected chi connectivity index (χ2v) is 20.8. The molecule has 15 rings (SSSR count). The lowest BCUT2D eigenvalue weighted by atomic mass is 9.83. The van der Waals surface area contributed by atoms with Crippen molar-refractivity contribution in [1.82, 2.24) is 0 Å². The lowest BCUT2D eigenvalue weighted by Crippen LogP contribution is -2.10. The van der Waals surface area contributed by atoms with E-state index < -0.39 is 0 Å². The number of hydrogen-bond acceptors (Lipinski definition) is 5. The van der Waals surface area contributed by atoms with E-state index in [0.29, 0.717) is 11.8 Å². The standard InChI is InChI=1S/C68H54N2O3/c1-5-17-43(18-6-1)53-25-13-27-55-57-29-15-31-61(67(57)72-65(53)55)69(49-21-9-3-10-22-49)51-35-33-45-41-63-59(39-47(45)37-51)60-40-48-38-52(36-34-46(48)42-64(60)71-63)70(50-23-11-4-12-24-50)62-32-16-30-58-56-28-14-26-54(66(56)73-68(58)62)44-19-7-2-8-20-44/h3-4,9-16,21-44H,1-2,5-8,17-20H2. The smallest absolute Gasteiger partial charge is 0.159 e. The molecule has 0 unspecified atom stereocenters. The first kappa shape index (κ1) is 42.4. The van der Waals surface area contributed by atoms with Gasteiger partial charge in [-0.2, -0.15) is 0 Å². The van der Waals surface area contributed by atoms with E-state index in [-0.39, 0.29) is 0 Å². The van der Waals surface area contributed by atoms with Crippen LogP contribution in [0.15, 0.2) is 207 Å². The van der Waals surface area contributed by atoms with Crippen molar-refractivity contribution >= 4 is 121 Å². The van der Waals surface area contributed by atoms with Gasteiger partial charge in [0, 0.05) is 55.1 Å². The molecular weight excluding hydrogens is 893 g/mol. The Labute approximate surface area is 423 Å². The summed E-state index contributed by atoms with van der Waals surface area (Å²) in [6.07, 6.45) is 12.7. The highest BCUT2D eigenvalue weighted by atomic mass is 16.3. The number of furan rings is 3. The van der Waals surface area contributed by atoms with Crippen molar-refractivity contribution in [2.75, 3.05) is 9.80 Å². The van der Waals surface area contributed by atoms with Crippen LogP contribution in [0, 0.1) is 0 Å². The Morgan fingerprint density at radius 2 is 0.699 bits per heavy atom. The van der Waals surface area contributed by atoms with E-state index >= 15 is 0 Å². The molecule has 0 spiro atoms. The van der Waals surface area contributed by atoms with Gasteiger partial charge in [-0.25, -0.2) is 0 Å². The van der Waals surface area contributed by atoms with Crippen molar-refractivity contribution < 1.29 is 13.3 Å². The average molecular weight is 947 g/mol. The first-order valence-electron chi connectivity index (χ1n) is 26.6. The van der Waals surface area contributed by atoms with Gasteiger partial charge in [-0.1, -0.05) is 148 Å². The zero-order valence-corrected chi connectivity index (χ0v) is 40.8. The molecule has 0 radical (unpaired) electrons. The molecule has 0 atom stereocenters. The predicted octanol–water partition coefficient (Wildman–Crippen LogP) is 20.7. The summed E-state index contributed by atoms with van der Waals surface area (Å²) in [7, 11) is 0. The van der Waals surface area contributed by atoms with Crippen LogP contribution in [0.4, 0.5) is 34.1 Å². The highest BCUT2D eigenvalue weighted by molar-refractivity contribution is 6.16. The summed E-state index contributed by atoms with van der Waals surface area (Å²) in [5.41, 5.74) is 14.7. The first-order chi connectivity index (χ1) is 36.2. The molecule has 0 aliphatic heterocycles. The summed E-state index contributed by atoms with van der Waals surface area (Å²) in [5.74, 6) is 1.07. The molecule has 73 heavy (non-hydrogen) atoms. The van der Waals surface area contributed by atoms with E-state index in [1.54, 1.807) is 0 Å². The van der Waals surface area contributed by atoms with E-state index in [1.807, 2.05) is 0 Å². The second-order valence-electron chi connectivity index (χ2n) is 20.8. The lowest BCUT2D eigenvalue weighted by Gasteiger charge is -2.26. The fraction of sp³-hybridized carbons (Fsp3) is 0.176. The predicted molar refractivity (Wildman–Crippen MR) is 304 cm³/mol. The van der Waals surface area contributed by atoms with Crippen molar-refractivity contribution in [3.05, 3.63) is 205 Å². The van der Waals surface area contributed by atoms with Crippen LogP contribution in [0.1, 0.15) is 87.2 Å². The van der Waals surface area contributed by atoms with Gasteiger partial charge < -0.3 is 23.1 Å². The van der Waals surface area contributed by atoms with Crippen LogP contribution in [-0.2, 0) is 0 Å². The maximum absolute atomic E-state index is 7.08. The number of nitrogens with zero attached hydrogens (tertiary/aromatic N) is 2. The Kier molecular flexibility index (Phi) is 9.99. The van der Waals surface area contributed by atoms with Gasteiger partial charge in [0.15, 0.2) is 11.2 Å². The summed E-state index contributed by atoms with van der Waals surface area (Å²) in [6.45, 7) is 0. The SMILES string of the molecule is c1ccc(N(c2ccc3cc4oc5cc6ccc(N(c7ccccc7)c7cccc8c7oc7c(C9CCCCC9)cccc78)cc6cc5c4cc3c2)c2cccc3c2oc2c(C4CCCCC4)cccc23)cc1. The van der Waals surface area contributed by atoms with E-state index in [0.717, 1.165) is 111 Å². The zero-order chi connectivity index (χ0) is 48.0. The highest BCUT2D eigenvalue weighted by Gasteiger charge is 2.26. The third-order valence-electron chi connectivity index (χ3n) is 16.5. The third kappa shape index (κ3) is 7.04. The minimum Gasteiger partial charge on any atom is -0.456 e. The van der Waals surface area contributed by atoms with Crippen LogP contribution >= 0.6 is 0 Å². The largest absolute Gasteiger partial charge is 0.456 e.